The molecule has 2 aromatic rings. The molecule has 0 aromatic heterocycles. The van der Waals surface area contributed by atoms with Gasteiger partial charge in [-0.3, -0.25) is 4.79 Å². The minimum atomic E-state index is -1.24. The van der Waals surface area contributed by atoms with Crippen LogP contribution in [0, 0.1) is 11.6 Å². The molecule has 2 aromatic carbocycles. The molecule has 0 radical (unpaired) electrons. The molecule has 26 heavy (non-hydrogen) atoms. The molecule has 1 unspecified atom stereocenters. The lowest BCUT2D eigenvalue weighted by atomic mass is 10.2. The minimum absolute atomic E-state index is 0.305. The molecule has 0 fully saturated rings. The second-order valence-corrected chi connectivity index (χ2v) is 6.13. The Hall–Kier alpha value is -2.67. The Kier molecular flexibility index (Phi) is 6.15. The number of nitrogens with one attached hydrogen (secondary N) is 1. The van der Waals surface area contributed by atoms with Crippen molar-refractivity contribution in [3.8, 4) is 0 Å². The van der Waals surface area contributed by atoms with Crippen molar-refractivity contribution >= 4 is 34.9 Å². The van der Waals surface area contributed by atoms with Crippen LogP contribution in [0.3, 0.4) is 0 Å². The van der Waals surface area contributed by atoms with E-state index in [0.717, 1.165) is 5.69 Å². The molecule has 0 aliphatic carbocycles. The smallest absolute Gasteiger partial charge is 0.340 e. The number of carbonyl (C=O) groups excluding carboxylic acids is 2. The first-order valence-corrected chi connectivity index (χ1v) is 8.00. The molecule has 138 valence electrons. The maximum Gasteiger partial charge on any atom is 0.340 e. The van der Waals surface area contributed by atoms with Gasteiger partial charge in [-0.1, -0.05) is 11.6 Å². The SMILES string of the molecule is CC(OC(=O)c1cc(F)c(F)cc1Cl)C(=O)Nc1ccc(N(C)C)cc1. The molecule has 0 aliphatic heterocycles. The summed E-state index contributed by atoms with van der Waals surface area (Å²) in [6.07, 6.45) is -1.17. The molecule has 0 spiro atoms. The van der Waals surface area contributed by atoms with E-state index in [1.807, 2.05) is 31.1 Å². The van der Waals surface area contributed by atoms with E-state index in [0.29, 0.717) is 17.8 Å². The summed E-state index contributed by atoms with van der Waals surface area (Å²) < 4.78 is 31.3. The van der Waals surface area contributed by atoms with Crippen molar-refractivity contribution in [2.24, 2.45) is 0 Å². The van der Waals surface area contributed by atoms with Crippen molar-refractivity contribution in [2.75, 3.05) is 24.3 Å². The van der Waals surface area contributed by atoms with Crippen LogP contribution in [0.1, 0.15) is 17.3 Å². The third kappa shape index (κ3) is 4.70. The Balaban J connectivity index is 2.02. The largest absolute Gasteiger partial charge is 0.449 e. The summed E-state index contributed by atoms with van der Waals surface area (Å²) in [7, 11) is 3.77. The lowest BCUT2D eigenvalue weighted by Crippen LogP contribution is -2.30. The van der Waals surface area contributed by atoms with Crippen LogP contribution >= 0.6 is 11.6 Å². The number of ether oxygens (including phenoxy) is 1. The van der Waals surface area contributed by atoms with Crippen molar-refractivity contribution in [1.82, 2.24) is 0 Å². The predicted molar refractivity (Wildman–Crippen MR) is 95.6 cm³/mol. The van der Waals surface area contributed by atoms with E-state index in [9.17, 15) is 18.4 Å². The Morgan fingerprint density at radius 1 is 1.12 bits per heavy atom. The van der Waals surface area contributed by atoms with Crippen LogP contribution in [0.25, 0.3) is 0 Å². The van der Waals surface area contributed by atoms with E-state index < -0.39 is 29.6 Å². The number of benzene rings is 2. The van der Waals surface area contributed by atoms with E-state index >= 15 is 0 Å². The molecule has 0 saturated carbocycles. The monoisotopic (exact) mass is 382 g/mol. The summed E-state index contributed by atoms with van der Waals surface area (Å²) >= 11 is 5.72. The van der Waals surface area contributed by atoms with Crippen molar-refractivity contribution in [1.29, 1.82) is 0 Å². The van der Waals surface area contributed by atoms with Crippen LogP contribution in [-0.2, 0) is 9.53 Å². The average molecular weight is 383 g/mol. The molecule has 0 aliphatic rings. The Bertz CT molecular complexity index is 826. The van der Waals surface area contributed by atoms with E-state index in [2.05, 4.69) is 5.32 Å². The number of halogens is 3. The summed E-state index contributed by atoms with van der Waals surface area (Å²) in [6.45, 7) is 1.36. The summed E-state index contributed by atoms with van der Waals surface area (Å²) in [6, 6.07) is 8.33. The van der Waals surface area contributed by atoms with Crippen molar-refractivity contribution < 1.29 is 23.1 Å². The van der Waals surface area contributed by atoms with Crippen LogP contribution in [0.15, 0.2) is 36.4 Å². The fourth-order valence-corrected chi connectivity index (χ4v) is 2.27. The third-order valence-electron chi connectivity index (χ3n) is 3.53. The third-order valence-corrected chi connectivity index (χ3v) is 3.85. The molecule has 8 heteroatoms. The van der Waals surface area contributed by atoms with Gasteiger partial charge in [0.15, 0.2) is 17.7 Å². The Labute approximate surface area is 154 Å². The highest BCUT2D eigenvalue weighted by Gasteiger charge is 2.22. The maximum atomic E-state index is 13.3. The van der Waals surface area contributed by atoms with E-state index in [1.54, 1.807) is 12.1 Å². The lowest BCUT2D eigenvalue weighted by Gasteiger charge is -2.15. The standard InChI is InChI=1S/C18H17ClF2N2O3/c1-10(17(24)22-11-4-6-12(7-5-11)23(2)3)26-18(25)13-8-15(20)16(21)9-14(13)19/h4-10H,1-3H3,(H,22,24). The number of hydrogen-bond donors (Lipinski definition) is 1. The molecule has 0 bridgehead atoms. The predicted octanol–water partition coefficient (Wildman–Crippen LogP) is 3.87. The van der Waals surface area contributed by atoms with Gasteiger partial charge in [-0.15, -0.1) is 0 Å². The van der Waals surface area contributed by atoms with Gasteiger partial charge in [-0.05, 0) is 43.3 Å². The van der Waals surface area contributed by atoms with Crippen LogP contribution < -0.4 is 10.2 Å². The zero-order valence-corrected chi connectivity index (χ0v) is 15.1. The highest BCUT2D eigenvalue weighted by molar-refractivity contribution is 6.33. The molecule has 5 nitrogen and oxygen atoms in total. The van der Waals surface area contributed by atoms with Crippen molar-refractivity contribution in [2.45, 2.75) is 13.0 Å². The topological polar surface area (TPSA) is 58.6 Å². The second kappa shape index (κ2) is 8.14. The Morgan fingerprint density at radius 3 is 2.27 bits per heavy atom. The number of rotatable bonds is 5. The normalized spacial score (nSPS) is 11.6. The van der Waals surface area contributed by atoms with Crippen LogP contribution in [-0.4, -0.2) is 32.1 Å². The van der Waals surface area contributed by atoms with Gasteiger partial charge in [0, 0.05) is 25.5 Å². The molecule has 1 N–H and O–H groups in total. The number of nitrogens with zero attached hydrogens (tertiary/aromatic N) is 1. The highest BCUT2D eigenvalue weighted by Crippen LogP contribution is 2.22. The quantitative estimate of drug-likeness (QED) is 0.630. The molecular weight excluding hydrogens is 366 g/mol. The lowest BCUT2D eigenvalue weighted by molar-refractivity contribution is -0.123. The zero-order valence-electron chi connectivity index (χ0n) is 14.3. The van der Waals surface area contributed by atoms with Gasteiger partial charge in [0.2, 0.25) is 0 Å². The first-order chi connectivity index (χ1) is 12.2. The van der Waals surface area contributed by atoms with Gasteiger partial charge in [0.25, 0.3) is 5.91 Å². The molecule has 0 saturated heterocycles. The van der Waals surface area contributed by atoms with E-state index in [4.69, 9.17) is 16.3 Å². The van der Waals surface area contributed by atoms with Gasteiger partial charge in [0.1, 0.15) is 0 Å². The zero-order chi connectivity index (χ0) is 19.4. The van der Waals surface area contributed by atoms with Crippen molar-refractivity contribution in [3.63, 3.8) is 0 Å². The summed E-state index contributed by atoms with van der Waals surface area (Å²) in [5.41, 5.74) is 1.12. The van der Waals surface area contributed by atoms with Gasteiger partial charge < -0.3 is 15.0 Å². The molecule has 1 amide bonds. The summed E-state index contributed by atoms with van der Waals surface area (Å²) in [5.74, 6) is -4.02. The van der Waals surface area contributed by atoms with Crippen LogP contribution in [0.2, 0.25) is 5.02 Å². The van der Waals surface area contributed by atoms with Gasteiger partial charge in [-0.25, -0.2) is 13.6 Å². The Morgan fingerprint density at radius 2 is 1.69 bits per heavy atom. The van der Waals surface area contributed by atoms with Gasteiger partial charge >= 0.3 is 5.97 Å². The van der Waals surface area contributed by atoms with Gasteiger partial charge in [-0.2, -0.15) is 0 Å². The van der Waals surface area contributed by atoms with E-state index in [1.165, 1.54) is 6.92 Å². The number of amides is 1. The second-order valence-electron chi connectivity index (χ2n) is 5.72. The highest BCUT2D eigenvalue weighted by atomic mass is 35.5. The summed E-state index contributed by atoms with van der Waals surface area (Å²) in [5, 5.41) is 2.29. The number of anilines is 2. The fourth-order valence-electron chi connectivity index (χ4n) is 2.04. The van der Waals surface area contributed by atoms with Crippen LogP contribution in [0.4, 0.5) is 20.2 Å². The fraction of sp³-hybridized carbons (Fsp3) is 0.222. The average Bonchev–Trinajstić information content (AvgIpc) is 2.58. The van der Waals surface area contributed by atoms with E-state index in [-0.39, 0.29) is 10.6 Å². The molecule has 0 heterocycles. The first-order valence-electron chi connectivity index (χ1n) is 7.63. The summed E-state index contributed by atoms with van der Waals surface area (Å²) in [4.78, 5) is 26.1. The van der Waals surface area contributed by atoms with Crippen LogP contribution in [0.5, 0.6) is 0 Å². The number of hydrogen-bond acceptors (Lipinski definition) is 4. The van der Waals surface area contributed by atoms with Crippen molar-refractivity contribution in [3.05, 3.63) is 58.6 Å². The maximum absolute atomic E-state index is 13.3. The molecule has 2 rings (SSSR count). The number of esters is 1. The number of carbonyl (C=O) groups is 2. The first kappa shape index (κ1) is 19.7. The molecule has 1 atom stereocenters. The minimum Gasteiger partial charge on any atom is -0.449 e. The van der Waals surface area contributed by atoms with Gasteiger partial charge in [0.05, 0.1) is 10.6 Å². The molecular formula is C18H17ClF2N2O3.